The van der Waals surface area contributed by atoms with Gasteiger partial charge in [0.05, 0.1) is 10.9 Å². The Morgan fingerprint density at radius 2 is 1.81 bits per heavy atom. The van der Waals surface area contributed by atoms with E-state index in [0.717, 1.165) is 32.1 Å². The van der Waals surface area contributed by atoms with Crippen LogP contribution in [0.4, 0.5) is 0 Å². The predicted octanol–water partition coefficient (Wildman–Crippen LogP) is 2.17. The zero-order chi connectivity index (χ0) is 23.1. The lowest BCUT2D eigenvalue weighted by Crippen LogP contribution is -2.51. The molecule has 8 nitrogen and oxygen atoms in total. The van der Waals surface area contributed by atoms with Crippen molar-refractivity contribution < 1.29 is 22.8 Å². The van der Waals surface area contributed by atoms with Gasteiger partial charge in [0.25, 0.3) is 0 Å². The Labute approximate surface area is 193 Å². The highest BCUT2D eigenvalue weighted by Gasteiger charge is 2.32. The minimum atomic E-state index is -3.97. The number of rotatable bonds is 10. The van der Waals surface area contributed by atoms with Crippen LogP contribution in [0.1, 0.15) is 51.4 Å². The largest absolute Gasteiger partial charge is 0.356 e. The number of nitrogens with one attached hydrogen (secondary N) is 3. The predicted molar refractivity (Wildman–Crippen MR) is 120 cm³/mol. The molecule has 3 rings (SSSR count). The highest BCUT2D eigenvalue weighted by atomic mass is 35.5. The first-order valence-corrected chi connectivity index (χ1v) is 13.0. The first-order chi connectivity index (χ1) is 15.3. The highest BCUT2D eigenvalue weighted by Crippen LogP contribution is 2.28. The number of sulfonamides is 1. The molecule has 1 heterocycles. The summed E-state index contributed by atoms with van der Waals surface area (Å²) in [5.41, 5.74) is 0. The monoisotopic (exact) mass is 483 g/mol. The van der Waals surface area contributed by atoms with Gasteiger partial charge in [0.2, 0.25) is 21.8 Å². The van der Waals surface area contributed by atoms with Crippen molar-refractivity contribution in [1.29, 1.82) is 0 Å². The second kappa shape index (κ2) is 11.2. The van der Waals surface area contributed by atoms with Crippen LogP contribution in [0.3, 0.4) is 0 Å². The van der Waals surface area contributed by atoms with Gasteiger partial charge in [-0.3, -0.25) is 9.59 Å². The van der Waals surface area contributed by atoms with Crippen molar-refractivity contribution in [2.75, 3.05) is 6.54 Å². The van der Waals surface area contributed by atoms with Crippen LogP contribution < -0.4 is 15.4 Å². The van der Waals surface area contributed by atoms with E-state index in [0.29, 0.717) is 30.7 Å². The molecule has 176 valence electrons. The number of benzene rings is 1. The van der Waals surface area contributed by atoms with Crippen molar-refractivity contribution in [1.82, 2.24) is 15.4 Å². The molecule has 1 saturated carbocycles. The molecule has 1 aliphatic heterocycles. The fraction of sp³-hybridized carbons (Fsp3) is 0.591. The fourth-order valence-electron chi connectivity index (χ4n) is 4.44. The Morgan fingerprint density at radius 3 is 2.41 bits per heavy atom. The lowest BCUT2D eigenvalue weighted by Gasteiger charge is -2.27. The summed E-state index contributed by atoms with van der Waals surface area (Å²) in [7, 11) is -3.97. The Morgan fingerprint density at radius 1 is 1.12 bits per heavy atom. The summed E-state index contributed by atoms with van der Waals surface area (Å²) >= 11 is 5.86. The van der Waals surface area contributed by atoms with E-state index in [-0.39, 0.29) is 29.1 Å². The molecule has 0 spiro atoms. The van der Waals surface area contributed by atoms with Gasteiger partial charge in [-0.1, -0.05) is 43.7 Å². The number of carbonyl (C=O) groups excluding carboxylic acids is 3. The van der Waals surface area contributed by atoms with Gasteiger partial charge < -0.3 is 15.4 Å². The zero-order valence-corrected chi connectivity index (χ0v) is 19.5. The van der Waals surface area contributed by atoms with E-state index < -0.39 is 28.0 Å². The van der Waals surface area contributed by atoms with Crippen LogP contribution in [-0.4, -0.2) is 45.1 Å². The van der Waals surface area contributed by atoms with E-state index in [1.807, 2.05) is 0 Å². The van der Waals surface area contributed by atoms with Crippen molar-refractivity contribution in [3.63, 3.8) is 0 Å². The van der Waals surface area contributed by atoms with E-state index in [4.69, 9.17) is 11.6 Å². The van der Waals surface area contributed by atoms with Gasteiger partial charge in [0.15, 0.2) is 0 Å². The standard InChI is InChI=1S/C22H30ClN3O5S/c23-17-6-8-19(9-7-17)32(30,31)26-20(12-15-4-2-1-3-5-15)22(29)25-18(14-27)13-16-10-11-24-21(16)28/h6-9,14-16,18,20,26H,1-5,10-13H2,(H,24,28)(H,25,29)/t16-,18-,20-/m0/s1. The summed E-state index contributed by atoms with van der Waals surface area (Å²) in [5.74, 6) is -0.798. The van der Waals surface area contributed by atoms with Gasteiger partial charge in [-0.05, 0) is 49.4 Å². The minimum Gasteiger partial charge on any atom is -0.356 e. The maximum Gasteiger partial charge on any atom is 0.241 e. The topological polar surface area (TPSA) is 121 Å². The molecule has 32 heavy (non-hydrogen) atoms. The van der Waals surface area contributed by atoms with E-state index in [9.17, 15) is 22.8 Å². The molecule has 0 bridgehead atoms. The summed E-state index contributed by atoms with van der Waals surface area (Å²) in [6.07, 6.45) is 6.88. The van der Waals surface area contributed by atoms with Gasteiger partial charge in [-0.15, -0.1) is 0 Å². The van der Waals surface area contributed by atoms with Gasteiger partial charge in [0, 0.05) is 17.5 Å². The van der Waals surface area contributed by atoms with Crippen LogP contribution in [0, 0.1) is 11.8 Å². The molecule has 1 aromatic carbocycles. The fourth-order valence-corrected chi connectivity index (χ4v) is 5.78. The summed E-state index contributed by atoms with van der Waals surface area (Å²) in [6.45, 7) is 0.550. The second-order valence-electron chi connectivity index (χ2n) is 8.63. The minimum absolute atomic E-state index is 0.0120. The Hall–Kier alpha value is -1.97. The molecule has 3 N–H and O–H groups in total. The second-order valence-corrected chi connectivity index (χ2v) is 10.8. The first kappa shape index (κ1) is 24.7. The lowest BCUT2D eigenvalue weighted by molar-refractivity contribution is -0.127. The van der Waals surface area contributed by atoms with Crippen molar-refractivity contribution in [3.05, 3.63) is 29.3 Å². The van der Waals surface area contributed by atoms with Crippen LogP contribution in [0.25, 0.3) is 0 Å². The van der Waals surface area contributed by atoms with Gasteiger partial charge >= 0.3 is 0 Å². The third-order valence-corrected chi connectivity index (χ3v) is 7.96. The van der Waals surface area contributed by atoms with E-state index >= 15 is 0 Å². The SMILES string of the molecule is O=C[C@H](C[C@@H]1CCNC1=O)NC(=O)[C@H](CC1CCCCC1)NS(=O)(=O)c1ccc(Cl)cc1. The molecule has 2 aliphatic rings. The normalized spacial score (nSPS) is 21.5. The van der Waals surface area contributed by atoms with Gasteiger partial charge in [0.1, 0.15) is 12.3 Å². The van der Waals surface area contributed by atoms with Gasteiger partial charge in [-0.25, -0.2) is 8.42 Å². The van der Waals surface area contributed by atoms with Crippen molar-refractivity contribution in [2.45, 2.75) is 68.3 Å². The summed E-state index contributed by atoms with van der Waals surface area (Å²) < 4.78 is 28.4. The molecule has 0 unspecified atom stereocenters. The lowest BCUT2D eigenvalue weighted by atomic mass is 9.85. The smallest absolute Gasteiger partial charge is 0.241 e. The number of hydrogen-bond donors (Lipinski definition) is 3. The Bertz CT molecular complexity index is 916. The number of halogens is 1. The summed E-state index contributed by atoms with van der Waals surface area (Å²) in [4.78, 5) is 36.5. The highest BCUT2D eigenvalue weighted by molar-refractivity contribution is 7.89. The average Bonchev–Trinajstić information content (AvgIpc) is 3.18. The summed E-state index contributed by atoms with van der Waals surface area (Å²) in [6, 6.07) is 3.84. The molecular formula is C22H30ClN3O5S. The molecule has 10 heteroatoms. The maximum absolute atomic E-state index is 13.1. The third kappa shape index (κ3) is 6.76. The van der Waals surface area contributed by atoms with E-state index in [1.165, 1.54) is 24.3 Å². The first-order valence-electron chi connectivity index (χ1n) is 11.1. The number of hydrogen-bond acceptors (Lipinski definition) is 5. The van der Waals surface area contributed by atoms with Gasteiger partial charge in [-0.2, -0.15) is 4.72 Å². The maximum atomic E-state index is 13.1. The van der Waals surface area contributed by atoms with Crippen LogP contribution in [0.5, 0.6) is 0 Å². The number of aldehydes is 1. The average molecular weight is 484 g/mol. The number of carbonyl (C=O) groups is 3. The van der Waals surface area contributed by atoms with Crippen LogP contribution >= 0.6 is 11.6 Å². The van der Waals surface area contributed by atoms with Crippen LogP contribution in [0.15, 0.2) is 29.2 Å². The molecule has 3 atom stereocenters. The van der Waals surface area contributed by atoms with E-state index in [2.05, 4.69) is 15.4 Å². The molecule has 0 aromatic heterocycles. The Balaban J connectivity index is 1.73. The van der Waals surface area contributed by atoms with Crippen molar-refractivity contribution in [3.8, 4) is 0 Å². The zero-order valence-electron chi connectivity index (χ0n) is 17.9. The molecule has 1 aromatic rings. The molecular weight excluding hydrogens is 454 g/mol. The van der Waals surface area contributed by atoms with Crippen molar-refractivity contribution in [2.24, 2.45) is 11.8 Å². The third-order valence-electron chi connectivity index (χ3n) is 6.22. The van der Waals surface area contributed by atoms with Crippen molar-refractivity contribution >= 4 is 39.7 Å². The molecule has 2 fully saturated rings. The molecule has 1 saturated heterocycles. The quantitative estimate of drug-likeness (QED) is 0.440. The van der Waals surface area contributed by atoms with Crippen LogP contribution in [0.2, 0.25) is 5.02 Å². The summed E-state index contributed by atoms with van der Waals surface area (Å²) in [5, 5.41) is 5.77. The molecule has 1 aliphatic carbocycles. The Kier molecular flexibility index (Phi) is 8.67. The van der Waals surface area contributed by atoms with E-state index in [1.54, 1.807) is 0 Å². The molecule has 0 radical (unpaired) electrons. The molecule has 2 amide bonds. The number of amides is 2. The van der Waals surface area contributed by atoms with Crippen LogP contribution in [-0.2, 0) is 24.4 Å².